The summed E-state index contributed by atoms with van der Waals surface area (Å²) >= 11 is 6.44. The number of carbonyl (C=O) groups excluding carboxylic acids is 1. The number of ether oxygens (including phenoxy) is 1. The number of halogens is 4. The van der Waals surface area contributed by atoms with Gasteiger partial charge in [-0.1, -0.05) is 11.6 Å². The van der Waals surface area contributed by atoms with Crippen molar-refractivity contribution in [2.24, 2.45) is 0 Å². The van der Waals surface area contributed by atoms with Crippen LogP contribution in [0.25, 0.3) is 11.0 Å². The Bertz CT molecular complexity index is 1030. The Hall–Kier alpha value is -2.65. The van der Waals surface area contributed by atoms with Gasteiger partial charge in [-0.15, -0.1) is 0 Å². The molecule has 0 radical (unpaired) electrons. The number of methoxy groups -OCH3 is 1. The maximum Gasteiger partial charge on any atom is 0.416 e. The minimum atomic E-state index is -4.44. The van der Waals surface area contributed by atoms with Crippen molar-refractivity contribution in [2.75, 3.05) is 19.0 Å². The third kappa shape index (κ3) is 4.51. The minimum absolute atomic E-state index is 0.110. The van der Waals surface area contributed by atoms with E-state index in [1.54, 1.807) is 18.7 Å². The van der Waals surface area contributed by atoms with Crippen molar-refractivity contribution < 1.29 is 22.7 Å². The van der Waals surface area contributed by atoms with Gasteiger partial charge in [-0.05, 0) is 37.6 Å². The van der Waals surface area contributed by atoms with Crippen molar-refractivity contribution in [3.63, 3.8) is 0 Å². The molecule has 0 fully saturated rings. The number of hydrogen-bond acceptors (Lipinski definition) is 4. The first-order valence-electron chi connectivity index (χ1n) is 8.71. The molecule has 0 aliphatic heterocycles. The van der Waals surface area contributed by atoms with Crippen LogP contribution in [0.5, 0.6) is 0 Å². The second-order valence-electron chi connectivity index (χ2n) is 6.37. The summed E-state index contributed by atoms with van der Waals surface area (Å²) < 4.78 is 44.7. The van der Waals surface area contributed by atoms with Gasteiger partial charge in [0.1, 0.15) is 0 Å². The predicted octanol–water partition coefficient (Wildman–Crippen LogP) is 4.70. The molecule has 0 bridgehead atoms. The van der Waals surface area contributed by atoms with Gasteiger partial charge in [-0.2, -0.15) is 18.3 Å². The molecule has 2 heterocycles. The van der Waals surface area contributed by atoms with Crippen LogP contribution in [0.3, 0.4) is 0 Å². The maximum atomic E-state index is 12.7. The van der Waals surface area contributed by atoms with E-state index in [4.69, 9.17) is 16.3 Å². The number of carbonyl (C=O) groups is 1. The Kier molecular flexibility index (Phi) is 6.09. The van der Waals surface area contributed by atoms with Crippen molar-refractivity contribution in [1.29, 1.82) is 0 Å². The van der Waals surface area contributed by atoms with E-state index in [1.807, 2.05) is 0 Å². The summed E-state index contributed by atoms with van der Waals surface area (Å²) in [5, 5.41) is 7.70. The Morgan fingerprint density at radius 2 is 1.97 bits per heavy atom. The fourth-order valence-corrected chi connectivity index (χ4v) is 3.24. The number of aryl methyl sites for hydroxylation is 2. The number of amides is 1. The number of hydrogen-bond donors (Lipinski definition) is 1. The van der Waals surface area contributed by atoms with Crippen LogP contribution in [0.15, 0.2) is 30.5 Å². The summed E-state index contributed by atoms with van der Waals surface area (Å²) in [5.41, 5.74) is 0.701. The van der Waals surface area contributed by atoms with Gasteiger partial charge in [0.05, 0.1) is 27.2 Å². The molecule has 1 amide bonds. The summed E-state index contributed by atoms with van der Waals surface area (Å²) in [5.74, 6) is -0.573. The number of anilines is 1. The Morgan fingerprint density at radius 1 is 1.28 bits per heavy atom. The Labute approximate surface area is 169 Å². The zero-order valence-corrected chi connectivity index (χ0v) is 16.4. The van der Waals surface area contributed by atoms with Gasteiger partial charge in [0.2, 0.25) is 0 Å². The third-order valence-electron chi connectivity index (χ3n) is 4.31. The number of nitrogens with one attached hydrogen (secondary N) is 1. The van der Waals surface area contributed by atoms with Crippen molar-refractivity contribution in [2.45, 2.75) is 26.1 Å². The molecule has 0 atom stereocenters. The van der Waals surface area contributed by atoms with E-state index in [0.717, 1.165) is 18.6 Å². The molecule has 0 spiro atoms. The molecule has 0 aliphatic carbocycles. The topological polar surface area (TPSA) is 69.0 Å². The number of benzene rings is 1. The molecule has 154 valence electrons. The number of pyridine rings is 1. The Balaban J connectivity index is 1.85. The number of rotatable bonds is 6. The quantitative estimate of drug-likeness (QED) is 0.580. The van der Waals surface area contributed by atoms with Crippen molar-refractivity contribution in [1.82, 2.24) is 14.8 Å². The maximum absolute atomic E-state index is 12.7. The van der Waals surface area contributed by atoms with Crippen LogP contribution in [0.1, 0.15) is 28.0 Å². The van der Waals surface area contributed by atoms with Crippen LogP contribution in [0, 0.1) is 6.92 Å². The lowest BCUT2D eigenvalue weighted by molar-refractivity contribution is -0.137. The SMILES string of the molecule is COCCCn1nc(C)c2c(Cl)c(C(=O)Nc3ccc(C(F)(F)F)cc3)cnc21. The van der Waals surface area contributed by atoms with Crippen LogP contribution < -0.4 is 5.32 Å². The largest absolute Gasteiger partial charge is 0.416 e. The van der Waals surface area contributed by atoms with Crippen LogP contribution in [-0.2, 0) is 17.5 Å². The number of alkyl halides is 3. The van der Waals surface area contributed by atoms with E-state index in [2.05, 4.69) is 15.4 Å². The Morgan fingerprint density at radius 3 is 2.59 bits per heavy atom. The average Bonchev–Trinajstić information content (AvgIpc) is 2.98. The molecule has 10 heteroatoms. The predicted molar refractivity (Wildman–Crippen MR) is 103 cm³/mol. The van der Waals surface area contributed by atoms with Crippen molar-refractivity contribution in [3.05, 3.63) is 52.3 Å². The van der Waals surface area contributed by atoms with Gasteiger partial charge in [-0.3, -0.25) is 4.79 Å². The first-order chi connectivity index (χ1) is 13.7. The van der Waals surface area contributed by atoms with Crippen molar-refractivity contribution >= 4 is 34.2 Å². The highest BCUT2D eigenvalue weighted by atomic mass is 35.5. The van der Waals surface area contributed by atoms with E-state index in [1.165, 1.54) is 18.3 Å². The molecule has 0 unspecified atom stereocenters. The highest BCUT2D eigenvalue weighted by Crippen LogP contribution is 2.31. The summed E-state index contributed by atoms with van der Waals surface area (Å²) in [4.78, 5) is 16.9. The fraction of sp³-hybridized carbons (Fsp3) is 0.316. The summed E-state index contributed by atoms with van der Waals surface area (Å²) in [7, 11) is 1.61. The minimum Gasteiger partial charge on any atom is -0.385 e. The van der Waals surface area contributed by atoms with E-state index >= 15 is 0 Å². The smallest absolute Gasteiger partial charge is 0.385 e. The molecular weight excluding hydrogens is 409 g/mol. The van der Waals surface area contributed by atoms with Crippen molar-refractivity contribution in [3.8, 4) is 0 Å². The molecule has 6 nitrogen and oxygen atoms in total. The lowest BCUT2D eigenvalue weighted by atomic mass is 10.1. The first kappa shape index (κ1) is 21.1. The third-order valence-corrected chi connectivity index (χ3v) is 4.70. The summed E-state index contributed by atoms with van der Waals surface area (Å²) in [6.45, 7) is 2.92. The summed E-state index contributed by atoms with van der Waals surface area (Å²) in [6.07, 6.45) is -2.37. The van der Waals surface area contributed by atoms with E-state index < -0.39 is 17.6 Å². The molecule has 3 rings (SSSR count). The lowest BCUT2D eigenvalue weighted by Gasteiger charge is -2.10. The number of aromatic nitrogens is 3. The van der Waals surface area contributed by atoms with Crippen LogP contribution in [0.4, 0.5) is 18.9 Å². The molecule has 1 aromatic carbocycles. The van der Waals surface area contributed by atoms with Crippen LogP contribution >= 0.6 is 11.6 Å². The number of nitrogens with zero attached hydrogens (tertiary/aromatic N) is 3. The molecular formula is C19H18ClF3N4O2. The van der Waals surface area contributed by atoms with E-state index in [9.17, 15) is 18.0 Å². The standard InChI is InChI=1S/C19H18ClF3N4O2/c1-11-15-16(20)14(10-24-17(15)27(26-11)8-3-9-29-2)18(28)25-13-6-4-12(5-7-13)19(21,22)23/h4-7,10H,3,8-9H2,1-2H3,(H,25,28). The van der Waals surface area contributed by atoms with Gasteiger partial charge in [0, 0.05) is 32.1 Å². The molecule has 2 aromatic heterocycles. The molecule has 0 aliphatic rings. The molecule has 0 saturated carbocycles. The monoisotopic (exact) mass is 426 g/mol. The van der Waals surface area contributed by atoms with Gasteiger partial charge in [-0.25, -0.2) is 9.67 Å². The zero-order valence-electron chi connectivity index (χ0n) is 15.7. The molecule has 1 N–H and O–H groups in total. The summed E-state index contributed by atoms with van der Waals surface area (Å²) in [6, 6.07) is 4.15. The molecule has 3 aromatic rings. The van der Waals surface area contributed by atoms with E-state index in [-0.39, 0.29) is 16.3 Å². The van der Waals surface area contributed by atoms with Gasteiger partial charge >= 0.3 is 6.18 Å². The highest BCUT2D eigenvalue weighted by molar-refractivity contribution is 6.39. The zero-order chi connectivity index (χ0) is 21.2. The first-order valence-corrected chi connectivity index (χ1v) is 9.09. The average molecular weight is 427 g/mol. The van der Waals surface area contributed by atoms with Gasteiger partial charge < -0.3 is 10.1 Å². The second kappa shape index (κ2) is 8.38. The van der Waals surface area contributed by atoms with E-state index in [0.29, 0.717) is 29.9 Å². The number of fused-ring (bicyclic) bond motifs is 1. The van der Waals surface area contributed by atoms with Crippen LogP contribution in [0.2, 0.25) is 5.02 Å². The lowest BCUT2D eigenvalue weighted by Crippen LogP contribution is -2.14. The normalized spacial score (nSPS) is 11.8. The van der Waals surface area contributed by atoms with Gasteiger partial charge in [0.25, 0.3) is 5.91 Å². The highest BCUT2D eigenvalue weighted by Gasteiger charge is 2.30. The van der Waals surface area contributed by atoms with Crippen LogP contribution in [-0.4, -0.2) is 34.4 Å². The fourth-order valence-electron chi connectivity index (χ4n) is 2.89. The molecule has 29 heavy (non-hydrogen) atoms. The van der Waals surface area contributed by atoms with Gasteiger partial charge in [0.15, 0.2) is 5.65 Å². The second-order valence-corrected chi connectivity index (χ2v) is 6.75. The molecule has 0 saturated heterocycles.